The molecule has 0 aliphatic rings. The van der Waals surface area contributed by atoms with Crippen LogP contribution in [0, 0.1) is 0 Å². The van der Waals surface area contributed by atoms with Crippen molar-refractivity contribution in [3.8, 4) is 5.75 Å². The fourth-order valence-electron chi connectivity index (χ4n) is 2.32. The molecule has 1 aromatic rings. The van der Waals surface area contributed by atoms with Crippen LogP contribution in [0.25, 0.3) is 0 Å². The second-order valence-electron chi connectivity index (χ2n) is 5.07. The van der Waals surface area contributed by atoms with Crippen LogP contribution in [-0.2, 0) is 6.42 Å². The Balaban J connectivity index is 2.36. The van der Waals surface area contributed by atoms with Crippen molar-refractivity contribution < 1.29 is 4.74 Å². The van der Waals surface area contributed by atoms with E-state index in [2.05, 4.69) is 36.3 Å². The lowest BCUT2D eigenvalue weighted by Crippen LogP contribution is -2.38. The van der Waals surface area contributed by atoms with Gasteiger partial charge in [0.25, 0.3) is 0 Å². The zero-order chi connectivity index (χ0) is 14.8. The molecule has 0 aromatic heterocycles. The standard InChI is InChI=1S/C16H29N3O/c1-4-19(5-2)13-12-15(18-17)9-6-14-7-10-16(20-3)11-8-14/h7-8,10-11,15,18H,4-6,9,12-13,17H2,1-3H3. The van der Waals surface area contributed by atoms with E-state index in [0.717, 1.165) is 44.6 Å². The SMILES string of the molecule is CCN(CC)CCC(CCc1ccc(OC)cc1)NN. The Bertz CT molecular complexity index is 349. The minimum absolute atomic E-state index is 0.373. The second-order valence-corrected chi connectivity index (χ2v) is 5.07. The average Bonchev–Trinajstić information content (AvgIpc) is 2.51. The Morgan fingerprint density at radius 1 is 1.15 bits per heavy atom. The van der Waals surface area contributed by atoms with Crippen LogP contribution in [0.4, 0.5) is 0 Å². The van der Waals surface area contributed by atoms with Crippen molar-refractivity contribution in [1.29, 1.82) is 0 Å². The first-order valence-corrected chi connectivity index (χ1v) is 7.54. The molecule has 0 saturated carbocycles. The molecule has 1 unspecified atom stereocenters. The summed E-state index contributed by atoms with van der Waals surface area (Å²) in [6, 6.07) is 8.64. The van der Waals surface area contributed by atoms with Gasteiger partial charge >= 0.3 is 0 Å². The molecule has 0 radical (unpaired) electrons. The summed E-state index contributed by atoms with van der Waals surface area (Å²) < 4.78 is 5.17. The molecule has 0 aliphatic heterocycles. The van der Waals surface area contributed by atoms with Crippen molar-refractivity contribution in [2.24, 2.45) is 5.84 Å². The third kappa shape index (κ3) is 5.90. The minimum atomic E-state index is 0.373. The lowest BCUT2D eigenvalue weighted by molar-refractivity contribution is 0.278. The molecule has 0 spiro atoms. The Labute approximate surface area is 123 Å². The van der Waals surface area contributed by atoms with E-state index in [1.165, 1.54) is 5.56 Å². The number of nitrogens with zero attached hydrogens (tertiary/aromatic N) is 1. The predicted octanol–water partition coefficient (Wildman–Crippen LogP) is 2.19. The summed E-state index contributed by atoms with van der Waals surface area (Å²) in [5.74, 6) is 6.57. The van der Waals surface area contributed by atoms with Crippen molar-refractivity contribution >= 4 is 0 Å². The number of nitrogens with two attached hydrogens (primary N) is 1. The molecule has 0 aliphatic carbocycles. The van der Waals surface area contributed by atoms with Gasteiger partial charge in [0.15, 0.2) is 0 Å². The second kappa shape index (κ2) is 9.75. The Hall–Kier alpha value is -1.10. The largest absolute Gasteiger partial charge is 0.497 e. The zero-order valence-corrected chi connectivity index (χ0v) is 13.1. The van der Waals surface area contributed by atoms with Crippen LogP contribution in [0.3, 0.4) is 0 Å². The third-order valence-electron chi connectivity index (χ3n) is 3.86. The van der Waals surface area contributed by atoms with Gasteiger partial charge in [-0.05, 0) is 56.6 Å². The van der Waals surface area contributed by atoms with E-state index < -0.39 is 0 Å². The summed E-state index contributed by atoms with van der Waals surface area (Å²) in [7, 11) is 1.69. The van der Waals surface area contributed by atoms with E-state index in [1.54, 1.807) is 7.11 Å². The van der Waals surface area contributed by atoms with Gasteiger partial charge in [-0.25, -0.2) is 0 Å². The Morgan fingerprint density at radius 2 is 1.80 bits per heavy atom. The molecule has 0 amide bonds. The molecular formula is C16H29N3O. The number of methoxy groups -OCH3 is 1. The minimum Gasteiger partial charge on any atom is -0.497 e. The molecule has 20 heavy (non-hydrogen) atoms. The molecule has 1 atom stereocenters. The summed E-state index contributed by atoms with van der Waals surface area (Å²) in [5.41, 5.74) is 4.27. The molecule has 0 heterocycles. The maximum absolute atomic E-state index is 5.66. The normalized spacial score (nSPS) is 12.7. The van der Waals surface area contributed by atoms with Gasteiger partial charge in [0.2, 0.25) is 0 Å². The first kappa shape index (κ1) is 17.0. The van der Waals surface area contributed by atoms with Gasteiger partial charge in [-0.3, -0.25) is 11.3 Å². The third-order valence-corrected chi connectivity index (χ3v) is 3.86. The van der Waals surface area contributed by atoms with Gasteiger partial charge in [-0.15, -0.1) is 0 Å². The van der Waals surface area contributed by atoms with Gasteiger partial charge in [-0.1, -0.05) is 26.0 Å². The highest BCUT2D eigenvalue weighted by Crippen LogP contribution is 2.14. The van der Waals surface area contributed by atoms with Crippen molar-refractivity contribution in [1.82, 2.24) is 10.3 Å². The van der Waals surface area contributed by atoms with Crippen LogP contribution in [0.15, 0.2) is 24.3 Å². The van der Waals surface area contributed by atoms with E-state index in [0.29, 0.717) is 6.04 Å². The lowest BCUT2D eigenvalue weighted by atomic mass is 10.0. The van der Waals surface area contributed by atoms with Crippen molar-refractivity contribution in [2.45, 2.75) is 39.2 Å². The van der Waals surface area contributed by atoms with Crippen molar-refractivity contribution in [3.63, 3.8) is 0 Å². The summed E-state index contributed by atoms with van der Waals surface area (Å²) in [6.45, 7) is 7.71. The van der Waals surface area contributed by atoms with Gasteiger partial charge in [0, 0.05) is 6.04 Å². The monoisotopic (exact) mass is 279 g/mol. The smallest absolute Gasteiger partial charge is 0.118 e. The molecule has 3 N–H and O–H groups in total. The first-order valence-electron chi connectivity index (χ1n) is 7.54. The number of rotatable bonds is 10. The van der Waals surface area contributed by atoms with Crippen LogP contribution >= 0.6 is 0 Å². The van der Waals surface area contributed by atoms with E-state index in [4.69, 9.17) is 10.6 Å². The highest BCUT2D eigenvalue weighted by atomic mass is 16.5. The maximum atomic E-state index is 5.66. The van der Waals surface area contributed by atoms with Crippen LogP contribution in [0.2, 0.25) is 0 Å². The van der Waals surface area contributed by atoms with Gasteiger partial charge in [0.05, 0.1) is 7.11 Å². The molecule has 0 bridgehead atoms. The predicted molar refractivity (Wildman–Crippen MR) is 84.8 cm³/mol. The highest BCUT2D eigenvalue weighted by molar-refractivity contribution is 5.27. The number of hydrogen-bond donors (Lipinski definition) is 2. The quantitative estimate of drug-likeness (QED) is 0.509. The van der Waals surface area contributed by atoms with Gasteiger partial charge in [0.1, 0.15) is 5.75 Å². The summed E-state index contributed by atoms with van der Waals surface area (Å²) in [5, 5.41) is 0. The number of ether oxygens (including phenoxy) is 1. The lowest BCUT2D eigenvalue weighted by Gasteiger charge is -2.22. The van der Waals surface area contributed by atoms with Crippen molar-refractivity contribution in [2.75, 3.05) is 26.7 Å². The van der Waals surface area contributed by atoms with E-state index in [9.17, 15) is 0 Å². The molecule has 1 rings (SSSR count). The zero-order valence-electron chi connectivity index (χ0n) is 13.1. The summed E-state index contributed by atoms with van der Waals surface area (Å²) >= 11 is 0. The summed E-state index contributed by atoms with van der Waals surface area (Å²) in [6.07, 6.45) is 3.19. The molecule has 114 valence electrons. The Kier molecular flexibility index (Phi) is 8.26. The average molecular weight is 279 g/mol. The number of benzene rings is 1. The number of hydrazine groups is 1. The fraction of sp³-hybridized carbons (Fsp3) is 0.625. The van der Waals surface area contributed by atoms with E-state index >= 15 is 0 Å². The van der Waals surface area contributed by atoms with Gasteiger partial charge < -0.3 is 9.64 Å². The fourth-order valence-corrected chi connectivity index (χ4v) is 2.32. The van der Waals surface area contributed by atoms with Crippen LogP contribution < -0.4 is 16.0 Å². The molecule has 0 fully saturated rings. The highest BCUT2D eigenvalue weighted by Gasteiger charge is 2.09. The topological polar surface area (TPSA) is 50.5 Å². The molecule has 4 nitrogen and oxygen atoms in total. The molecule has 0 saturated heterocycles. The Morgan fingerprint density at radius 3 is 2.30 bits per heavy atom. The van der Waals surface area contributed by atoms with E-state index in [1.807, 2.05) is 12.1 Å². The molecule has 4 heteroatoms. The maximum Gasteiger partial charge on any atom is 0.118 e. The van der Waals surface area contributed by atoms with Crippen LogP contribution in [0.1, 0.15) is 32.3 Å². The summed E-state index contributed by atoms with van der Waals surface area (Å²) in [4.78, 5) is 2.43. The van der Waals surface area contributed by atoms with Crippen LogP contribution in [0.5, 0.6) is 5.75 Å². The number of hydrogen-bond acceptors (Lipinski definition) is 4. The number of nitrogens with one attached hydrogen (secondary N) is 1. The van der Waals surface area contributed by atoms with E-state index in [-0.39, 0.29) is 0 Å². The number of aryl methyl sites for hydroxylation is 1. The molecule has 1 aromatic carbocycles. The first-order chi connectivity index (χ1) is 9.73. The van der Waals surface area contributed by atoms with Gasteiger partial charge in [-0.2, -0.15) is 0 Å². The molecular weight excluding hydrogens is 250 g/mol. The van der Waals surface area contributed by atoms with Crippen LogP contribution in [-0.4, -0.2) is 37.7 Å². The van der Waals surface area contributed by atoms with Crippen molar-refractivity contribution in [3.05, 3.63) is 29.8 Å².